The topological polar surface area (TPSA) is 49.3 Å². The number of nitrogens with one attached hydrogen (secondary N) is 1. The third kappa shape index (κ3) is 7.95. The summed E-state index contributed by atoms with van der Waals surface area (Å²) in [6.45, 7) is 8.74. The molecule has 6 nitrogen and oxygen atoms in total. The maximum absolute atomic E-state index is 5.79. The summed E-state index contributed by atoms with van der Waals surface area (Å²) in [7, 11) is 4.00. The van der Waals surface area contributed by atoms with E-state index < -0.39 is 0 Å². The number of hydrogen-bond donors (Lipinski definition) is 1. The summed E-state index contributed by atoms with van der Waals surface area (Å²) in [5.74, 6) is 1.83. The molecule has 0 aromatic rings. The maximum atomic E-state index is 5.79. The Morgan fingerprint density at radius 3 is 2.57 bits per heavy atom. The fourth-order valence-electron chi connectivity index (χ4n) is 4.42. The molecule has 0 unspecified atom stereocenters. The zero-order chi connectivity index (χ0) is 19.0. The summed E-state index contributed by atoms with van der Waals surface area (Å²) in [4.78, 5) is 9.33. The number of morpholine rings is 1. The van der Waals surface area contributed by atoms with Crippen LogP contribution in [0, 0.1) is 11.3 Å². The summed E-state index contributed by atoms with van der Waals surface area (Å²) in [5.41, 5.74) is 0.370. The minimum Gasteiger partial charge on any atom is -0.379 e. The van der Waals surface area contributed by atoms with E-state index in [1.54, 1.807) is 0 Å². The number of rotatable bonds is 9. The van der Waals surface area contributed by atoms with Crippen molar-refractivity contribution >= 4 is 29.9 Å². The molecule has 0 radical (unpaired) electrons. The molecule has 7 heteroatoms. The largest absolute Gasteiger partial charge is 0.379 e. The Morgan fingerprint density at radius 2 is 1.93 bits per heavy atom. The molecule has 0 spiro atoms. The number of hydrogen-bond acceptors (Lipinski definition) is 4. The molecule has 28 heavy (non-hydrogen) atoms. The van der Waals surface area contributed by atoms with Gasteiger partial charge in [0.1, 0.15) is 0 Å². The van der Waals surface area contributed by atoms with Crippen molar-refractivity contribution < 1.29 is 9.47 Å². The molecule has 3 rings (SSSR count). The number of nitrogens with zero attached hydrogens (tertiary/aromatic N) is 3. The number of ether oxygens (including phenoxy) is 2. The summed E-state index contributed by atoms with van der Waals surface area (Å²) in [6.07, 6.45) is 9.45. The molecule has 0 aromatic heterocycles. The molecule has 2 saturated carbocycles. The van der Waals surface area contributed by atoms with Crippen LogP contribution in [0.1, 0.15) is 44.9 Å². The Morgan fingerprint density at radius 1 is 1.21 bits per heavy atom. The van der Waals surface area contributed by atoms with Gasteiger partial charge in [0.2, 0.25) is 0 Å². The first-order valence-electron chi connectivity index (χ1n) is 11.0. The highest BCUT2D eigenvalue weighted by Gasteiger charge is 2.34. The number of halogens is 1. The lowest BCUT2D eigenvalue weighted by atomic mass is 9.73. The minimum atomic E-state index is 0. The minimum absolute atomic E-state index is 0. The molecule has 0 aromatic carbocycles. The molecule has 1 N–H and O–H groups in total. The monoisotopic (exact) mass is 508 g/mol. The Kier molecular flexibility index (Phi) is 10.8. The van der Waals surface area contributed by atoms with Crippen LogP contribution in [0.2, 0.25) is 0 Å². The molecule has 2 aliphatic carbocycles. The van der Waals surface area contributed by atoms with Crippen molar-refractivity contribution in [3.05, 3.63) is 0 Å². The highest BCUT2D eigenvalue weighted by Crippen LogP contribution is 2.36. The van der Waals surface area contributed by atoms with E-state index in [-0.39, 0.29) is 24.0 Å². The quantitative estimate of drug-likeness (QED) is 0.225. The Bertz CT molecular complexity index is 461. The van der Waals surface area contributed by atoms with Gasteiger partial charge in [-0.2, -0.15) is 0 Å². The first kappa shape index (κ1) is 24.2. The fourth-order valence-corrected chi connectivity index (χ4v) is 4.42. The second-order valence-corrected chi connectivity index (χ2v) is 8.79. The van der Waals surface area contributed by atoms with Gasteiger partial charge in [-0.05, 0) is 31.6 Å². The van der Waals surface area contributed by atoms with E-state index in [4.69, 9.17) is 9.47 Å². The highest BCUT2D eigenvalue weighted by molar-refractivity contribution is 14.0. The first-order valence-corrected chi connectivity index (χ1v) is 11.0. The lowest BCUT2D eigenvalue weighted by molar-refractivity contribution is 0.00807. The smallest absolute Gasteiger partial charge is 0.193 e. The second-order valence-electron chi connectivity index (χ2n) is 8.79. The number of likely N-dealkylation sites (N-methyl/N-ethyl adjacent to an activating group) is 1. The van der Waals surface area contributed by atoms with E-state index in [1.165, 1.54) is 51.5 Å². The standard InChI is InChI=1S/C21H40N4O2.HI/c1-22-20(24(2)10-13-27-16-19-6-7-19)23-17-21(8-4-3-5-9-21)18-25-11-14-26-15-12-25;/h19H,3-18H2,1-2H3,(H,22,23);1H. The average molecular weight is 508 g/mol. The lowest BCUT2D eigenvalue weighted by Gasteiger charge is -2.43. The molecule has 3 fully saturated rings. The molecule has 0 amide bonds. The highest BCUT2D eigenvalue weighted by atomic mass is 127. The van der Waals surface area contributed by atoms with Crippen molar-refractivity contribution in [3.63, 3.8) is 0 Å². The predicted molar refractivity (Wildman–Crippen MR) is 126 cm³/mol. The van der Waals surface area contributed by atoms with Crippen molar-refractivity contribution in [2.45, 2.75) is 44.9 Å². The van der Waals surface area contributed by atoms with Crippen LogP contribution in [0.15, 0.2) is 4.99 Å². The van der Waals surface area contributed by atoms with Gasteiger partial charge in [-0.15, -0.1) is 24.0 Å². The zero-order valence-electron chi connectivity index (χ0n) is 18.0. The molecule has 1 saturated heterocycles. The number of guanidine groups is 1. The van der Waals surface area contributed by atoms with E-state index in [9.17, 15) is 0 Å². The van der Waals surface area contributed by atoms with Gasteiger partial charge in [-0.3, -0.25) is 9.89 Å². The van der Waals surface area contributed by atoms with Crippen LogP contribution >= 0.6 is 24.0 Å². The van der Waals surface area contributed by atoms with Gasteiger partial charge in [0.05, 0.1) is 19.8 Å². The summed E-state index contributed by atoms with van der Waals surface area (Å²) in [5, 5.41) is 3.69. The van der Waals surface area contributed by atoms with Crippen molar-refractivity contribution in [1.29, 1.82) is 0 Å². The molecule has 164 valence electrons. The molecular formula is C21H41IN4O2. The van der Waals surface area contributed by atoms with Crippen molar-refractivity contribution in [3.8, 4) is 0 Å². The fraction of sp³-hybridized carbons (Fsp3) is 0.952. The van der Waals surface area contributed by atoms with Crippen molar-refractivity contribution in [2.24, 2.45) is 16.3 Å². The predicted octanol–water partition coefficient (Wildman–Crippen LogP) is 2.82. The summed E-state index contributed by atoms with van der Waals surface area (Å²) in [6, 6.07) is 0. The second kappa shape index (κ2) is 12.5. The van der Waals surface area contributed by atoms with Crippen molar-refractivity contribution in [2.75, 3.05) is 73.2 Å². The van der Waals surface area contributed by atoms with E-state index in [2.05, 4.69) is 27.2 Å². The van der Waals surface area contributed by atoms with Crippen LogP contribution in [0.5, 0.6) is 0 Å². The molecule has 3 aliphatic rings. The van der Waals surface area contributed by atoms with Crippen LogP contribution in [-0.4, -0.2) is 89.0 Å². The van der Waals surface area contributed by atoms with Crippen LogP contribution < -0.4 is 5.32 Å². The summed E-state index contributed by atoms with van der Waals surface area (Å²) < 4.78 is 11.3. The molecule has 1 aliphatic heterocycles. The molecule has 0 atom stereocenters. The van der Waals surface area contributed by atoms with Gasteiger partial charge in [0, 0.05) is 58.8 Å². The molecular weight excluding hydrogens is 467 g/mol. The summed E-state index contributed by atoms with van der Waals surface area (Å²) >= 11 is 0. The zero-order valence-corrected chi connectivity index (χ0v) is 20.3. The van der Waals surface area contributed by atoms with Crippen molar-refractivity contribution in [1.82, 2.24) is 15.1 Å². The molecule has 0 bridgehead atoms. The maximum Gasteiger partial charge on any atom is 0.193 e. The Hall–Kier alpha value is -0.120. The Balaban J connectivity index is 0.00000280. The van der Waals surface area contributed by atoms with E-state index in [0.717, 1.165) is 64.5 Å². The average Bonchev–Trinajstić information content (AvgIpc) is 3.52. The lowest BCUT2D eigenvalue weighted by Crippen LogP contribution is -2.51. The Labute approximate surface area is 188 Å². The van der Waals surface area contributed by atoms with Crippen LogP contribution in [0.4, 0.5) is 0 Å². The first-order chi connectivity index (χ1) is 13.2. The van der Waals surface area contributed by atoms with Gasteiger partial charge in [0.15, 0.2) is 5.96 Å². The SMILES string of the molecule is CN=C(NCC1(CN2CCOCC2)CCCCC1)N(C)CCOCC1CC1.I. The van der Waals surface area contributed by atoms with E-state index in [1.807, 2.05) is 7.05 Å². The van der Waals surface area contributed by atoms with Gasteiger partial charge in [-0.1, -0.05) is 19.3 Å². The van der Waals surface area contributed by atoms with Crippen LogP contribution in [-0.2, 0) is 9.47 Å². The van der Waals surface area contributed by atoms with Crippen LogP contribution in [0.3, 0.4) is 0 Å². The normalized spacial score (nSPS) is 23.1. The van der Waals surface area contributed by atoms with E-state index >= 15 is 0 Å². The number of aliphatic imine (C=N–C) groups is 1. The van der Waals surface area contributed by atoms with Gasteiger partial charge < -0.3 is 19.7 Å². The van der Waals surface area contributed by atoms with Crippen LogP contribution in [0.25, 0.3) is 0 Å². The third-order valence-corrected chi connectivity index (χ3v) is 6.39. The third-order valence-electron chi connectivity index (χ3n) is 6.39. The van der Waals surface area contributed by atoms with Gasteiger partial charge in [-0.25, -0.2) is 0 Å². The van der Waals surface area contributed by atoms with Gasteiger partial charge >= 0.3 is 0 Å². The van der Waals surface area contributed by atoms with Gasteiger partial charge in [0.25, 0.3) is 0 Å². The van der Waals surface area contributed by atoms with E-state index in [0.29, 0.717) is 5.41 Å². The molecule has 1 heterocycles.